The summed E-state index contributed by atoms with van der Waals surface area (Å²) in [7, 11) is 0. The van der Waals surface area contributed by atoms with Crippen molar-refractivity contribution in [1.29, 1.82) is 0 Å². The lowest BCUT2D eigenvalue weighted by Gasteiger charge is -2.10. The monoisotopic (exact) mass is 388 g/mol. The van der Waals surface area contributed by atoms with Crippen LogP contribution in [0.5, 0.6) is 0 Å². The molecule has 0 saturated heterocycles. The summed E-state index contributed by atoms with van der Waals surface area (Å²) in [5, 5.41) is 5.71. The molecule has 0 aliphatic heterocycles. The largest absolute Gasteiger partial charge is 0.459 e. The van der Waals surface area contributed by atoms with Crippen molar-refractivity contribution in [2.75, 3.05) is 0 Å². The molecule has 2 aromatic carbocycles. The van der Waals surface area contributed by atoms with Crippen LogP contribution in [0.4, 0.5) is 0 Å². The van der Waals surface area contributed by atoms with Gasteiger partial charge in [-0.1, -0.05) is 42.5 Å². The summed E-state index contributed by atoms with van der Waals surface area (Å²) in [6.45, 7) is 0.746. The SMILES string of the molecule is O=C(Cn1c(CNC(=O)c2ccco2)nc2ccccc21)NCc1ccccc1. The molecule has 0 aliphatic carbocycles. The van der Waals surface area contributed by atoms with Crippen LogP contribution in [-0.4, -0.2) is 21.4 Å². The molecule has 0 bridgehead atoms. The van der Waals surface area contributed by atoms with E-state index in [-0.39, 0.29) is 30.7 Å². The number of amides is 2. The zero-order chi connectivity index (χ0) is 20.1. The molecule has 0 fully saturated rings. The smallest absolute Gasteiger partial charge is 0.287 e. The number of nitrogens with zero attached hydrogens (tertiary/aromatic N) is 2. The highest BCUT2D eigenvalue weighted by atomic mass is 16.3. The van der Waals surface area contributed by atoms with Crippen LogP contribution in [0.15, 0.2) is 77.4 Å². The minimum Gasteiger partial charge on any atom is -0.459 e. The van der Waals surface area contributed by atoms with Crippen LogP contribution < -0.4 is 10.6 Å². The van der Waals surface area contributed by atoms with E-state index in [9.17, 15) is 9.59 Å². The highest BCUT2D eigenvalue weighted by Gasteiger charge is 2.15. The number of fused-ring (bicyclic) bond motifs is 1. The zero-order valence-corrected chi connectivity index (χ0v) is 15.7. The van der Waals surface area contributed by atoms with Gasteiger partial charge < -0.3 is 19.6 Å². The third-order valence-electron chi connectivity index (χ3n) is 4.52. The van der Waals surface area contributed by atoms with Crippen molar-refractivity contribution < 1.29 is 14.0 Å². The van der Waals surface area contributed by atoms with Crippen molar-refractivity contribution in [3.63, 3.8) is 0 Å². The van der Waals surface area contributed by atoms with Crippen LogP contribution in [0.2, 0.25) is 0 Å². The van der Waals surface area contributed by atoms with E-state index >= 15 is 0 Å². The molecule has 2 N–H and O–H groups in total. The predicted octanol–water partition coefficient (Wildman–Crippen LogP) is 2.88. The number of carbonyl (C=O) groups excluding carboxylic acids is 2. The lowest BCUT2D eigenvalue weighted by molar-refractivity contribution is -0.121. The summed E-state index contributed by atoms with van der Waals surface area (Å²) in [5.41, 5.74) is 2.64. The van der Waals surface area contributed by atoms with Crippen LogP contribution >= 0.6 is 0 Å². The first-order valence-corrected chi connectivity index (χ1v) is 9.27. The number of nitrogens with one attached hydrogen (secondary N) is 2. The van der Waals surface area contributed by atoms with Gasteiger partial charge in [-0.2, -0.15) is 0 Å². The van der Waals surface area contributed by atoms with Crippen molar-refractivity contribution in [2.45, 2.75) is 19.6 Å². The fraction of sp³-hybridized carbons (Fsp3) is 0.136. The van der Waals surface area contributed by atoms with Crippen molar-refractivity contribution in [3.05, 3.63) is 90.1 Å². The van der Waals surface area contributed by atoms with Crippen LogP contribution in [-0.2, 0) is 24.4 Å². The Bertz CT molecular complexity index is 1120. The summed E-state index contributed by atoms with van der Waals surface area (Å²) >= 11 is 0. The number of hydrogen-bond acceptors (Lipinski definition) is 4. The molecule has 2 heterocycles. The Morgan fingerprint density at radius 2 is 1.69 bits per heavy atom. The molecule has 29 heavy (non-hydrogen) atoms. The number of furan rings is 1. The van der Waals surface area contributed by atoms with Gasteiger partial charge >= 0.3 is 0 Å². The van der Waals surface area contributed by atoms with Crippen LogP contribution in [0, 0.1) is 0 Å². The molecule has 4 aromatic rings. The van der Waals surface area contributed by atoms with E-state index in [0.717, 1.165) is 16.6 Å². The van der Waals surface area contributed by atoms with E-state index in [0.29, 0.717) is 12.4 Å². The maximum atomic E-state index is 12.5. The van der Waals surface area contributed by atoms with E-state index in [2.05, 4.69) is 15.6 Å². The highest BCUT2D eigenvalue weighted by molar-refractivity contribution is 5.91. The average Bonchev–Trinajstić information content (AvgIpc) is 3.40. The maximum absolute atomic E-state index is 12.5. The number of benzene rings is 2. The second kappa shape index (κ2) is 8.43. The number of para-hydroxylation sites is 2. The number of imidazole rings is 1. The second-order valence-corrected chi connectivity index (χ2v) is 6.53. The fourth-order valence-electron chi connectivity index (χ4n) is 3.09. The molecule has 0 unspecified atom stereocenters. The van der Waals surface area contributed by atoms with Crippen LogP contribution in [0.3, 0.4) is 0 Å². The Labute approximate surface area is 167 Å². The third-order valence-corrected chi connectivity index (χ3v) is 4.52. The molecule has 2 amide bonds. The van der Waals surface area contributed by atoms with Crippen molar-refractivity contribution in [3.8, 4) is 0 Å². The summed E-state index contributed by atoms with van der Waals surface area (Å²) in [6, 6.07) is 20.5. The first-order valence-electron chi connectivity index (χ1n) is 9.27. The van der Waals surface area contributed by atoms with E-state index in [1.807, 2.05) is 59.2 Å². The van der Waals surface area contributed by atoms with Gasteiger partial charge in [-0.25, -0.2) is 4.98 Å². The van der Waals surface area contributed by atoms with Gasteiger partial charge in [-0.15, -0.1) is 0 Å². The standard InChI is InChI=1S/C22H20N4O3/c27-21(23-13-16-7-2-1-3-8-16)15-26-18-10-5-4-9-17(18)25-20(26)14-24-22(28)19-11-6-12-29-19/h1-12H,13-15H2,(H,23,27)(H,24,28). The molecule has 2 aromatic heterocycles. The Morgan fingerprint density at radius 3 is 2.48 bits per heavy atom. The Hall–Kier alpha value is -3.87. The van der Waals surface area contributed by atoms with Gasteiger partial charge in [-0.05, 0) is 29.8 Å². The molecule has 4 rings (SSSR count). The summed E-state index contributed by atoms with van der Waals surface area (Å²) < 4.78 is 6.93. The first-order chi connectivity index (χ1) is 14.2. The van der Waals surface area contributed by atoms with Crippen molar-refractivity contribution >= 4 is 22.8 Å². The number of aromatic nitrogens is 2. The molecule has 0 atom stereocenters. The quantitative estimate of drug-likeness (QED) is 0.509. The Morgan fingerprint density at radius 1 is 0.897 bits per heavy atom. The van der Waals surface area contributed by atoms with E-state index in [4.69, 9.17) is 4.42 Å². The van der Waals surface area contributed by atoms with Gasteiger partial charge in [0, 0.05) is 6.54 Å². The maximum Gasteiger partial charge on any atom is 0.287 e. The number of hydrogen-bond donors (Lipinski definition) is 2. The van der Waals surface area contributed by atoms with Crippen molar-refractivity contribution in [2.24, 2.45) is 0 Å². The van der Waals surface area contributed by atoms with Gasteiger partial charge in [0.25, 0.3) is 5.91 Å². The van der Waals surface area contributed by atoms with Crippen LogP contribution in [0.25, 0.3) is 11.0 Å². The average molecular weight is 388 g/mol. The van der Waals surface area contributed by atoms with Gasteiger partial charge in [0.1, 0.15) is 12.4 Å². The summed E-state index contributed by atoms with van der Waals surface area (Å²) in [6.07, 6.45) is 1.45. The highest BCUT2D eigenvalue weighted by Crippen LogP contribution is 2.16. The molecule has 146 valence electrons. The van der Waals surface area contributed by atoms with Crippen LogP contribution in [0.1, 0.15) is 21.9 Å². The molecule has 0 radical (unpaired) electrons. The molecular formula is C22H20N4O3. The van der Waals surface area contributed by atoms with Gasteiger partial charge in [0.2, 0.25) is 5.91 Å². The third kappa shape index (κ3) is 4.35. The lowest BCUT2D eigenvalue weighted by Crippen LogP contribution is -2.29. The van der Waals surface area contributed by atoms with Gasteiger partial charge in [-0.3, -0.25) is 9.59 Å². The lowest BCUT2D eigenvalue weighted by atomic mass is 10.2. The summed E-state index contributed by atoms with van der Waals surface area (Å²) in [4.78, 5) is 29.3. The van der Waals surface area contributed by atoms with E-state index < -0.39 is 0 Å². The first kappa shape index (κ1) is 18.5. The molecular weight excluding hydrogens is 368 g/mol. The molecule has 7 nitrogen and oxygen atoms in total. The molecule has 0 saturated carbocycles. The second-order valence-electron chi connectivity index (χ2n) is 6.53. The summed E-state index contributed by atoms with van der Waals surface area (Å²) in [5.74, 6) is 0.368. The van der Waals surface area contributed by atoms with Crippen molar-refractivity contribution in [1.82, 2.24) is 20.2 Å². The van der Waals surface area contributed by atoms with E-state index in [1.54, 1.807) is 12.1 Å². The normalized spacial score (nSPS) is 10.8. The number of carbonyl (C=O) groups is 2. The Balaban J connectivity index is 1.48. The Kier molecular flexibility index (Phi) is 5.38. The topological polar surface area (TPSA) is 89.2 Å². The number of rotatable bonds is 7. The van der Waals surface area contributed by atoms with Gasteiger partial charge in [0.05, 0.1) is 23.8 Å². The van der Waals surface area contributed by atoms with Gasteiger partial charge in [0.15, 0.2) is 5.76 Å². The molecule has 0 spiro atoms. The predicted molar refractivity (Wildman–Crippen MR) is 108 cm³/mol. The van der Waals surface area contributed by atoms with E-state index in [1.165, 1.54) is 6.26 Å². The zero-order valence-electron chi connectivity index (χ0n) is 15.7. The minimum atomic E-state index is -0.331. The minimum absolute atomic E-state index is 0.110. The molecule has 7 heteroatoms. The fourth-order valence-corrected chi connectivity index (χ4v) is 3.09. The molecule has 0 aliphatic rings.